The molecule has 0 aromatic rings. The molecule has 1 heterocycles. The van der Waals surface area contributed by atoms with Crippen molar-refractivity contribution >= 4 is 5.97 Å². The van der Waals surface area contributed by atoms with Crippen molar-refractivity contribution in [3.05, 3.63) is 0 Å². The largest absolute Gasteiger partial charge is 0.481 e. The van der Waals surface area contributed by atoms with Crippen LogP contribution in [-0.4, -0.2) is 47.8 Å². The van der Waals surface area contributed by atoms with Crippen molar-refractivity contribution in [2.24, 2.45) is 5.41 Å². The zero-order valence-electron chi connectivity index (χ0n) is 12.2. The van der Waals surface area contributed by atoms with Crippen LogP contribution in [0.2, 0.25) is 0 Å². The summed E-state index contributed by atoms with van der Waals surface area (Å²) in [7, 11) is 0. The number of carbonyl (C=O) groups is 1. The number of morpholine rings is 1. The molecule has 0 amide bonds. The third kappa shape index (κ3) is 4.94. The topological polar surface area (TPSA) is 49.8 Å². The Morgan fingerprint density at radius 2 is 2.06 bits per heavy atom. The molecule has 0 bridgehead atoms. The van der Waals surface area contributed by atoms with Gasteiger partial charge in [0, 0.05) is 13.1 Å². The van der Waals surface area contributed by atoms with E-state index in [1.165, 1.54) is 0 Å². The minimum Gasteiger partial charge on any atom is -0.481 e. The Kier molecular flexibility index (Phi) is 5.17. The zero-order chi connectivity index (χ0) is 13.8. The predicted molar refractivity (Wildman–Crippen MR) is 71.7 cm³/mol. The van der Waals surface area contributed by atoms with Gasteiger partial charge in [0.25, 0.3) is 0 Å². The van der Waals surface area contributed by atoms with Crippen LogP contribution < -0.4 is 0 Å². The van der Waals surface area contributed by atoms with Gasteiger partial charge in [0.05, 0.1) is 17.6 Å². The van der Waals surface area contributed by atoms with E-state index < -0.39 is 11.4 Å². The van der Waals surface area contributed by atoms with E-state index in [0.717, 1.165) is 45.5 Å². The molecular weight excluding hydrogens is 230 g/mol. The molecule has 0 spiro atoms. The van der Waals surface area contributed by atoms with Crippen molar-refractivity contribution in [2.75, 3.05) is 26.2 Å². The van der Waals surface area contributed by atoms with Gasteiger partial charge in [-0.25, -0.2) is 0 Å². The van der Waals surface area contributed by atoms with Gasteiger partial charge in [0.1, 0.15) is 0 Å². The quantitative estimate of drug-likeness (QED) is 0.742. The Morgan fingerprint density at radius 3 is 2.61 bits per heavy atom. The summed E-state index contributed by atoms with van der Waals surface area (Å²) in [6, 6.07) is 0. The average molecular weight is 257 g/mol. The monoisotopic (exact) mass is 257 g/mol. The highest BCUT2D eigenvalue weighted by atomic mass is 16.5. The predicted octanol–water partition coefficient (Wildman–Crippen LogP) is 2.38. The van der Waals surface area contributed by atoms with Crippen LogP contribution >= 0.6 is 0 Å². The normalized spacial score (nSPS) is 20.9. The van der Waals surface area contributed by atoms with Crippen LogP contribution in [0.1, 0.15) is 47.0 Å². The SMILES string of the molecule is CC1(C)CN(CCCCC(C)(C)C(=O)O)CCO1. The fraction of sp³-hybridized carbons (Fsp3) is 0.929. The van der Waals surface area contributed by atoms with Gasteiger partial charge in [-0.05, 0) is 47.1 Å². The summed E-state index contributed by atoms with van der Waals surface area (Å²) in [5.74, 6) is -0.699. The molecule has 1 rings (SSSR count). The Labute approximate surface area is 110 Å². The fourth-order valence-electron chi connectivity index (χ4n) is 2.31. The summed E-state index contributed by atoms with van der Waals surface area (Å²) in [5.41, 5.74) is -0.636. The molecular formula is C14H27NO3. The Bertz CT molecular complexity index is 287. The molecule has 0 aromatic heterocycles. The number of unbranched alkanes of at least 4 members (excludes halogenated alkanes) is 1. The number of nitrogens with zero attached hydrogens (tertiary/aromatic N) is 1. The van der Waals surface area contributed by atoms with Crippen LogP contribution in [0.25, 0.3) is 0 Å². The summed E-state index contributed by atoms with van der Waals surface area (Å²) in [4.78, 5) is 13.4. The second kappa shape index (κ2) is 6.02. The van der Waals surface area contributed by atoms with Crippen LogP contribution in [0, 0.1) is 5.41 Å². The first-order chi connectivity index (χ1) is 8.23. The van der Waals surface area contributed by atoms with E-state index in [1.807, 2.05) is 0 Å². The summed E-state index contributed by atoms with van der Waals surface area (Å²) < 4.78 is 5.67. The molecule has 1 N–H and O–H groups in total. The standard InChI is InChI=1S/C14H27NO3/c1-13(2,12(16)17)7-5-6-8-15-9-10-18-14(3,4)11-15/h5-11H2,1-4H3,(H,16,17). The van der Waals surface area contributed by atoms with E-state index in [9.17, 15) is 4.79 Å². The average Bonchev–Trinajstić information content (AvgIpc) is 2.23. The molecule has 106 valence electrons. The highest BCUT2D eigenvalue weighted by molar-refractivity contribution is 5.73. The lowest BCUT2D eigenvalue weighted by atomic mass is 9.87. The van der Waals surface area contributed by atoms with Gasteiger partial charge < -0.3 is 9.84 Å². The molecule has 0 aromatic carbocycles. The lowest BCUT2D eigenvalue weighted by molar-refractivity contribution is -0.147. The maximum atomic E-state index is 11.0. The summed E-state index contributed by atoms with van der Waals surface area (Å²) in [6.07, 6.45) is 2.78. The lowest BCUT2D eigenvalue weighted by Crippen LogP contribution is -2.48. The Morgan fingerprint density at radius 1 is 1.39 bits per heavy atom. The number of carboxylic acid groups (broad SMARTS) is 1. The number of rotatable bonds is 6. The van der Waals surface area contributed by atoms with Crippen LogP contribution in [-0.2, 0) is 9.53 Å². The van der Waals surface area contributed by atoms with Crippen molar-refractivity contribution in [1.82, 2.24) is 4.90 Å². The molecule has 0 unspecified atom stereocenters. The molecule has 0 atom stereocenters. The first-order valence-corrected chi connectivity index (χ1v) is 6.83. The van der Waals surface area contributed by atoms with Gasteiger partial charge in [-0.1, -0.05) is 6.42 Å². The fourth-order valence-corrected chi connectivity index (χ4v) is 2.31. The summed E-state index contributed by atoms with van der Waals surface area (Å²) in [5, 5.41) is 9.03. The van der Waals surface area contributed by atoms with E-state index in [0.29, 0.717) is 0 Å². The van der Waals surface area contributed by atoms with Crippen molar-refractivity contribution in [1.29, 1.82) is 0 Å². The number of aliphatic carboxylic acids is 1. The molecule has 0 aliphatic carbocycles. The van der Waals surface area contributed by atoms with Crippen molar-refractivity contribution < 1.29 is 14.6 Å². The highest BCUT2D eigenvalue weighted by Crippen LogP contribution is 2.24. The van der Waals surface area contributed by atoms with Gasteiger partial charge in [0.15, 0.2) is 0 Å². The maximum absolute atomic E-state index is 11.0. The molecule has 1 fully saturated rings. The maximum Gasteiger partial charge on any atom is 0.309 e. The van der Waals surface area contributed by atoms with Gasteiger partial charge >= 0.3 is 5.97 Å². The third-order valence-corrected chi connectivity index (χ3v) is 3.61. The van der Waals surface area contributed by atoms with Gasteiger partial charge in [0.2, 0.25) is 0 Å². The van der Waals surface area contributed by atoms with Crippen LogP contribution in [0.4, 0.5) is 0 Å². The van der Waals surface area contributed by atoms with Gasteiger partial charge in [-0.15, -0.1) is 0 Å². The molecule has 4 nitrogen and oxygen atoms in total. The number of hydrogen-bond acceptors (Lipinski definition) is 3. The molecule has 1 aliphatic heterocycles. The minimum absolute atomic E-state index is 0.0431. The minimum atomic E-state index is -0.699. The van der Waals surface area contributed by atoms with E-state index in [4.69, 9.17) is 9.84 Å². The van der Waals surface area contributed by atoms with Crippen LogP contribution in [0.15, 0.2) is 0 Å². The smallest absolute Gasteiger partial charge is 0.309 e. The molecule has 4 heteroatoms. The van der Waals surface area contributed by atoms with E-state index in [1.54, 1.807) is 13.8 Å². The molecule has 1 aliphatic rings. The summed E-state index contributed by atoms with van der Waals surface area (Å²) in [6.45, 7) is 11.6. The lowest BCUT2D eigenvalue weighted by Gasteiger charge is -2.38. The second-order valence-electron chi connectivity index (χ2n) is 6.53. The van der Waals surface area contributed by atoms with Crippen molar-refractivity contribution in [3.8, 4) is 0 Å². The Hall–Kier alpha value is -0.610. The molecule has 0 saturated carbocycles. The number of carboxylic acids is 1. The molecule has 1 saturated heterocycles. The molecule has 18 heavy (non-hydrogen) atoms. The Balaban J connectivity index is 2.20. The van der Waals surface area contributed by atoms with Crippen molar-refractivity contribution in [3.63, 3.8) is 0 Å². The van der Waals surface area contributed by atoms with E-state index in [2.05, 4.69) is 18.7 Å². The number of hydrogen-bond donors (Lipinski definition) is 1. The first kappa shape index (κ1) is 15.4. The van der Waals surface area contributed by atoms with E-state index in [-0.39, 0.29) is 5.60 Å². The highest BCUT2D eigenvalue weighted by Gasteiger charge is 2.28. The van der Waals surface area contributed by atoms with Gasteiger partial charge in [-0.2, -0.15) is 0 Å². The van der Waals surface area contributed by atoms with E-state index >= 15 is 0 Å². The third-order valence-electron chi connectivity index (χ3n) is 3.61. The number of ether oxygens (including phenoxy) is 1. The van der Waals surface area contributed by atoms with Gasteiger partial charge in [-0.3, -0.25) is 9.69 Å². The van der Waals surface area contributed by atoms with Crippen LogP contribution in [0.3, 0.4) is 0 Å². The zero-order valence-corrected chi connectivity index (χ0v) is 12.2. The van der Waals surface area contributed by atoms with Crippen LogP contribution in [0.5, 0.6) is 0 Å². The summed E-state index contributed by atoms with van der Waals surface area (Å²) >= 11 is 0. The second-order valence-corrected chi connectivity index (χ2v) is 6.53. The first-order valence-electron chi connectivity index (χ1n) is 6.83. The molecule has 0 radical (unpaired) electrons. The van der Waals surface area contributed by atoms with Crippen molar-refractivity contribution in [2.45, 2.75) is 52.6 Å².